The van der Waals surface area contributed by atoms with Gasteiger partial charge in [-0.2, -0.15) is 13.2 Å². The van der Waals surface area contributed by atoms with Crippen molar-refractivity contribution in [2.45, 2.75) is 45.5 Å². The standard InChI is InChI=1S/C22H22ClF4N3O3/c1-11(2)30(15-4-5-17(24)16(23)9-15)20(31)18-7-13(21(32)33)10-29(18)19-8-14(22(25,26)27)6-12(3)28-19/h4-6,8-9,11,13,18H,7,10H2,1-3H3,(H,32,33)/t13-,18?/m0/s1. The van der Waals surface area contributed by atoms with Gasteiger partial charge >= 0.3 is 12.1 Å². The summed E-state index contributed by atoms with van der Waals surface area (Å²) in [6.45, 7) is 4.61. The second-order valence-electron chi connectivity index (χ2n) is 8.19. The molecule has 178 valence electrons. The summed E-state index contributed by atoms with van der Waals surface area (Å²) in [5.41, 5.74) is -0.579. The number of nitrogens with zero attached hydrogens (tertiary/aromatic N) is 3. The number of carbonyl (C=O) groups is 2. The molecule has 0 spiro atoms. The first-order valence-corrected chi connectivity index (χ1v) is 10.5. The van der Waals surface area contributed by atoms with Crippen LogP contribution >= 0.6 is 11.6 Å². The maximum absolute atomic E-state index is 13.7. The minimum absolute atomic E-state index is 0.0795. The summed E-state index contributed by atoms with van der Waals surface area (Å²) in [6, 6.07) is 3.91. The largest absolute Gasteiger partial charge is 0.481 e. The molecule has 1 aliphatic heterocycles. The van der Waals surface area contributed by atoms with Crippen LogP contribution in [0.5, 0.6) is 0 Å². The molecule has 1 fully saturated rings. The molecule has 3 rings (SSSR count). The Morgan fingerprint density at radius 3 is 2.45 bits per heavy atom. The van der Waals surface area contributed by atoms with E-state index in [1.807, 2.05) is 0 Å². The summed E-state index contributed by atoms with van der Waals surface area (Å²) < 4.78 is 53.7. The molecule has 6 nitrogen and oxygen atoms in total. The van der Waals surface area contributed by atoms with Crippen LogP contribution in [0.2, 0.25) is 5.02 Å². The Morgan fingerprint density at radius 2 is 1.91 bits per heavy atom. The Balaban J connectivity index is 2.06. The van der Waals surface area contributed by atoms with Crippen LogP contribution in [0, 0.1) is 18.7 Å². The third-order valence-corrected chi connectivity index (χ3v) is 5.72. The first kappa shape index (κ1) is 24.8. The fourth-order valence-corrected chi connectivity index (χ4v) is 4.11. The number of anilines is 2. The Morgan fingerprint density at radius 1 is 1.24 bits per heavy atom. The van der Waals surface area contributed by atoms with Crippen molar-refractivity contribution in [2.24, 2.45) is 5.92 Å². The normalized spacial score (nSPS) is 18.6. The summed E-state index contributed by atoms with van der Waals surface area (Å²) in [6.07, 6.45) is -4.76. The highest BCUT2D eigenvalue weighted by molar-refractivity contribution is 6.31. The van der Waals surface area contributed by atoms with Crippen molar-refractivity contribution >= 4 is 35.0 Å². The van der Waals surface area contributed by atoms with Crippen LogP contribution in [-0.4, -0.2) is 40.6 Å². The fraction of sp³-hybridized carbons (Fsp3) is 0.409. The monoisotopic (exact) mass is 487 g/mol. The lowest BCUT2D eigenvalue weighted by molar-refractivity contribution is -0.141. The number of carbonyl (C=O) groups excluding carboxylic acids is 1. The summed E-state index contributed by atoms with van der Waals surface area (Å²) in [5, 5.41) is 9.34. The molecular weight excluding hydrogens is 466 g/mol. The number of rotatable bonds is 5. The van der Waals surface area contributed by atoms with Crippen molar-refractivity contribution in [1.29, 1.82) is 0 Å². The van der Waals surface area contributed by atoms with Crippen molar-refractivity contribution in [3.63, 3.8) is 0 Å². The minimum atomic E-state index is -4.64. The second kappa shape index (κ2) is 9.17. The van der Waals surface area contributed by atoms with Gasteiger partial charge in [0.25, 0.3) is 0 Å². The molecule has 1 unspecified atom stereocenters. The maximum atomic E-state index is 13.7. The molecule has 2 heterocycles. The first-order chi connectivity index (χ1) is 15.3. The number of carboxylic acids is 1. The van der Waals surface area contributed by atoms with Crippen LogP contribution in [0.3, 0.4) is 0 Å². The number of halogens is 5. The van der Waals surface area contributed by atoms with Crippen LogP contribution < -0.4 is 9.80 Å². The van der Waals surface area contributed by atoms with Gasteiger partial charge in [0.05, 0.1) is 16.5 Å². The van der Waals surface area contributed by atoms with Gasteiger partial charge in [-0.1, -0.05) is 11.6 Å². The highest BCUT2D eigenvalue weighted by Gasteiger charge is 2.44. The van der Waals surface area contributed by atoms with E-state index >= 15 is 0 Å². The SMILES string of the molecule is Cc1cc(C(F)(F)F)cc(N2C[C@@H](C(=O)O)CC2C(=O)N(c2ccc(F)c(Cl)c2)C(C)C)n1. The number of amides is 1. The molecule has 1 N–H and O–H groups in total. The predicted octanol–water partition coefficient (Wildman–Crippen LogP) is 4.92. The van der Waals surface area contributed by atoms with Gasteiger partial charge in [-0.15, -0.1) is 0 Å². The van der Waals surface area contributed by atoms with E-state index in [1.165, 1.54) is 28.9 Å². The average Bonchev–Trinajstić information content (AvgIpc) is 3.15. The number of pyridine rings is 1. The van der Waals surface area contributed by atoms with Gasteiger partial charge in [0.15, 0.2) is 0 Å². The fourth-order valence-electron chi connectivity index (χ4n) is 3.94. The van der Waals surface area contributed by atoms with E-state index in [4.69, 9.17) is 11.6 Å². The smallest absolute Gasteiger partial charge is 0.416 e. The van der Waals surface area contributed by atoms with Crippen LogP contribution in [0.25, 0.3) is 0 Å². The lowest BCUT2D eigenvalue weighted by Crippen LogP contribution is -2.49. The van der Waals surface area contributed by atoms with Gasteiger partial charge in [0.2, 0.25) is 5.91 Å². The van der Waals surface area contributed by atoms with Gasteiger partial charge in [-0.25, -0.2) is 9.37 Å². The third kappa shape index (κ3) is 5.21. The van der Waals surface area contributed by atoms with Crippen molar-refractivity contribution in [3.05, 3.63) is 52.4 Å². The molecule has 0 bridgehead atoms. The van der Waals surface area contributed by atoms with E-state index in [1.54, 1.807) is 13.8 Å². The molecule has 0 radical (unpaired) electrons. The number of benzene rings is 1. The number of hydrogen-bond acceptors (Lipinski definition) is 4. The summed E-state index contributed by atoms with van der Waals surface area (Å²) in [4.78, 5) is 32.1. The van der Waals surface area contributed by atoms with Crippen LogP contribution in [-0.2, 0) is 15.8 Å². The van der Waals surface area contributed by atoms with E-state index in [-0.39, 0.29) is 35.2 Å². The number of aromatic nitrogens is 1. The molecule has 2 aromatic rings. The lowest BCUT2D eigenvalue weighted by Gasteiger charge is -2.33. The van der Waals surface area contributed by atoms with Gasteiger partial charge in [0.1, 0.15) is 17.7 Å². The Kier molecular flexibility index (Phi) is 6.88. The van der Waals surface area contributed by atoms with Gasteiger partial charge in [-0.3, -0.25) is 9.59 Å². The molecule has 1 aromatic carbocycles. The van der Waals surface area contributed by atoms with E-state index in [0.29, 0.717) is 0 Å². The topological polar surface area (TPSA) is 73.7 Å². The third-order valence-electron chi connectivity index (χ3n) is 5.43. The average molecular weight is 488 g/mol. The molecule has 1 saturated heterocycles. The number of aryl methyl sites for hydroxylation is 1. The molecular formula is C22H22ClF4N3O3. The van der Waals surface area contributed by atoms with Crippen LogP contribution in [0.15, 0.2) is 30.3 Å². The molecule has 11 heteroatoms. The first-order valence-electron chi connectivity index (χ1n) is 10.1. The minimum Gasteiger partial charge on any atom is -0.481 e. The molecule has 0 saturated carbocycles. The Bertz CT molecular complexity index is 1080. The zero-order valence-corrected chi connectivity index (χ0v) is 18.8. The molecule has 1 aliphatic rings. The molecule has 1 aromatic heterocycles. The van der Waals surface area contributed by atoms with E-state index in [9.17, 15) is 32.3 Å². The van der Waals surface area contributed by atoms with E-state index in [0.717, 1.165) is 18.2 Å². The van der Waals surface area contributed by atoms with Gasteiger partial charge in [0, 0.05) is 24.0 Å². The Labute approximate surface area is 192 Å². The van der Waals surface area contributed by atoms with E-state index in [2.05, 4.69) is 4.98 Å². The molecule has 2 atom stereocenters. The summed E-state index contributed by atoms with van der Waals surface area (Å²) in [5.74, 6) is -3.51. The maximum Gasteiger partial charge on any atom is 0.416 e. The van der Waals surface area contributed by atoms with Gasteiger partial charge in [-0.05, 0) is 57.5 Å². The Hall–Kier alpha value is -2.88. The van der Waals surface area contributed by atoms with Crippen molar-refractivity contribution < 1.29 is 32.3 Å². The molecule has 0 aliphatic carbocycles. The predicted molar refractivity (Wildman–Crippen MR) is 115 cm³/mol. The van der Waals surface area contributed by atoms with Crippen LogP contribution in [0.4, 0.5) is 29.1 Å². The summed E-state index contributed by atoms with van der Waals surface area (Å²) >= 11 is 5.88. The number of alkyl halides is 3. The summed E-state index contributed by atoms with van der Waals surface area (Å²) in [7, 11) is 0. The number of carboxylic acid groups (broad SMARTS) is 1. The van der Waals surface area contributed by atoms with Crippen molar-refractivity contribution in [2.75, 3.05) is 16.3 Å². The van der Waals surface area contributed by atoms with Crippen molar-refractivity contribution in [3.8, 4) is 0 Å². The number of hydrogen-bond donors (Lipinski definition) is 1. The quantitative estimate of drug-likeness (QED) is 0.606. The van der Waals surface area contributed by atoms with Crippen molar-refractivity contribution in [1.82, 2.24) is 4.98 Å². The van der Waals surface area contributed by atoms with Gasteiger partial charge < -0.3 is 14.9 Å². The zero-order valence-electron chi connectivity index (χ0n) is 18.0. The second-order valence-corrected chi connectivity index (χ2v) is 8.60. The van der Waals surface area contributed by atoms with Crippen LogP contribution in [0.1, 0.15) is 31.5 Å². The molecule has 33 heavy (non-hydrogen) atoms. The lowest BCUT2D eigenvalue weighted by atomic mass is 10.0. The van der Waals surface area contributed by atoms with E-state index < -0.39 is 47.4 Å². The highest BCUT2D eigenvalue weighted by Crippen LogP contribution is 2.36. The zero-order chi connectivity index (χ0) is 24.7. The highest BCUT2D eigenvalue weighted by atomic mass is 35.5. The molecule has 1 amide bonds. The number of aliphatic carboxylic acids is 1.